The quantitative estimate of drug-likeness (QED) is 0.564. The van der Waals surface area contributed by atoms with Crippen LogP contribution < -0.4 is 14.2 Å². The predicted octanol–water partition coefficient (Wildman–Crippen LogP) is 4.56. The van der Waals surface area contributed by atoms with Crippen molar-refractivity contribution in [3.8, 4) is 23.0 Å². The molecule has 2 aromatic rings. The minimum Gasteiger partial charge on any atom is -0.504 e. The Balaban J connectivity index is 1.80. The first-order valence-electron chi connectivity index (χ1n) is 11.9. The SMILES string of the molecule is CCOC(=O)C1C(C)=NC2=C(C(=O)C[C@H](c3ccc(OC)c(OC)c3)C2)[C@@H]1c1ccc(O)c(OC)c1. The first-order chi connectivity index (χ1) is 17.3. The topological polar surface area (TPSA) is 104 Å². The predicted molar refractivity (Wildman–Crippen MR) is 134 cm³/mol. The molecular formula is C28H31NO7. The van der Waals surface area contributed by atoms with Gasteiger partial charge in [0.05, 0.1) is 27.9 Å². The summed E-state index contributed by atoms with van der Waals surface area (Å²) in [5.74, 6) is -0.478. The number of nitrogens with zero attached hydrogens (tertiary/aromatic N) is 1. The lowest BCUT2D eigenvalue weighted by molar-refractivity contribution is -0.146. The molecule has 1 N–H and O–H groups in total. The number of hydrogen-bond acceptors (Lipinski definition) is 8. The number of hydrogen-bond donors (Lipinski definition) is 1. The van der Waals surface area contributed by atoms with Gasteiger partial charge in [0.25, 0.3) is 0 Å². The van der Waals surface area contributed by atoms with Crippen LogP contribution in [-0.2, 0) is 14.3 Å². The molecule has 0 saturated carbocycles. The minimum atomic E-state index is -0.750. The van der Waals surface area contributed by atoms with E-state index in [1.807, 2.05) is 18.2 Å². The third-order valence-corrected chi connectivity index (χ3v) is 6.87. The van der Waals surface area contributed by atoms with Crippen molar-refractivity contribution < 1.29 is 33.6 Å². The van der Waals surface area contributed by atoms with Crippen molar-refractivity contribution in [2.45, 2.75) is 38.5 Å². The van der Waals surface area contributed by atoms with Crippen LogP contribution in [-0.4, -0.2) is 50.5 Å². The Kier molecular flexibility index (Phi) is 7.33. The van der Waals surface area contributed by atoms with Crippen LogP contribution in [0.5, 0.6) is 23.0 Å². The number of phenols is 1. The van der Waals surface area contributed by atoms with E-state index in [4.69, 9.17) is 23.9 Å². The van der Waals surface area contributed by atoms with Crippen LogP contribution in [0.4, 0.5) is 0 Å². The summed E-state index contributed by atoms with van der Waals surface area (Å²) in [6.07, 6.45) is 0.805. The van der Waals surface area contributed by atoms with Gasteiger partial charge in [0.1, 0.15) is 5.92 Å². The summed E-state index contributed by atoms with van der Waals surface area (Å²) in [5.41, 5.74) is 3.41. The molecule has 0 radical (unpaired) electrons. The number of Topliss-reactive ketones (excluding diaryl/α,β-unsaturated/α-hetero) is 1. The lowest BCUT2D eigenvalue weighted by Gasteiger charge is -2.36. The Morgan fingerprint density at radius 1 is 0.972 bits per heavy atom. The largest absolute Gasteiger partial charge is 0.504 e. The third kappa shape index (κ3) is 4.55. The second kappa shape index (κ2) is 10.4. The van der Waals surface area contributed by atoms with Crippen molar-refractivity contribution in [1.29, 1.82) is 0 Å². The number of esters is 1. The van der Waals surface area contributed by atoms with E-state index in [-0.39, 0.29) is 36.2 Å². The van der Waals surface area contributed by atoms with Crippen molar-refractivity contribution in [3.63, 3.8) is 0 Å². The molecule has 0 fully saturated rings. The number of benzene rings is 2. The maximum absolute atomic E-state index is 13.7. The fourth-order valence-corrected chi connectivity index (χ4v) is 5.19. The number of phenolic OH excluding ortho intramolecular Hbond substituents is 1. The number of aliphatic imine (C=N–C) groups is 1. The van der Waals surface area contributed by atoms with Gasteiger partial charge in [-0.15, -0.1) is 0 Å². The van der Waals surface area contributed by atoms with Gasteiger partial charge in [0, 0.05) is 29.3 Å². The zero-order valence-electron chi connectivity index (χ0n) is 21.2. The lowest BCUT2D eigenvalue weighted by atomic mass is 9.69. The van der Waals surface area contributed by atoms with E-state index in [0.29, 0.717) is 40.5 Å². The van der Waals surface area contributed by atoms with Crippen LogP contribution in [0.25, 0.3) is 0 Å². The van der Waals surface area contributed by atoms with Crippen molar-refractivity contribution in [2.75, 3.05) is 27.9 Å². The van der Waals surface area contributed by atoms with E-state index in [0.717, 1.165) is 5.56 Å². The molecule has 36 heavy (non-hydrogen) atoms. The number of ketones is 1. The molecule has 3 atom stereocenters. The smallest absolute Gasteiger partial charge is 0.315 e. The number of ether oxygens (including phenoxy) is 4. The molecule has 2 aliphatic rings. The summed E-state index contributed by atoms with van der Waals surface area (Å²) in [7, 11) is 4.62. The molecule has 0 bridgehead atoms. The number of rotatable bonds is 7. The van der Waals surface area contributed by atoms with Crippen LogP contribution in [0, 0.1) is 5.92 Å². The number of methoxy groups -OCH3 is 3. The molecule has 1 aliphatic carbocycles. The molecule has 2 aromatic carbocycles. The molecule has 0 aromatic heterocycles. The first-order valence-corrected chi connectivity index (χ1v) is 11.9. The maximum Gasteiger partial charge on any atom is 0.315 e. The van der Waals surface area contributed by atoms with E-state index in [1.165, 1.54) is 13.2 Å². The second-order valence-electron chi connectivity index (χ2n) is 8.89. The number of allylic oxidation sites excluding steroid dienone is 2. The molecule has 1 unspecified atom stereocenters. The summed E-state index contributed by atoms with van der Waals surface area (Å²) >= 11 is 0. The standard InChI is InChI=1S/C28H31NO7/c1-6-36-28(32)25-15(2)29-19-11-18(16-8-10-22(33-3)24(13-16)35-5)12-21(31)27(19)26(25)17-7-9-20(30)23(14-17)34-4/h7-10,13-14,18,25-26,30H,6,11-12H2,1-5H3/t18-,25?,26-/m1/s1. The van der Waals surface area contributed by atoms with Crippen molar-refractivity contribution in [3.05, 3.63) is 58.8 Å². The highest BCUT2D eigenvalue weighted by molar-refractivity contribution is 6.09. The molecule has 4 rings (SSSR count). The van der Waals surface area contributed by atoms with E-state index in [1.54, 1.807) is 40.2 Å². The average Bonchev–Trinajstić information content (AvgIpc) is 2.87. The Morgan fingerprint density at radius 2 is 1.64 bits per heavy atom. The zero-order valence-corrected chi connectivity index (χ0v) is 21.2. The van der Waals surface area contributed by atoms with Crippen molar-refractivity contribution >= 4 is 17.5 Å². The Morgan fingerprint density at radius 3 is 2.31 bits per heavy atom. The van der Waals surface area contributed by atoms with E-state index >= 15 is 0 Å². The van der Waals surface area contributed by atoms with E-state index in [2.05, 4.69) is 0 Å². The van der Waals surface area contributed by atoms with Gasteiger partial charge < -0.3 is 24.1 Å². The molecular weight excluding hydrogens is 462 g/mol. The molecule has 1 heterocycles. The van der Waals surface area contributed by atoms with E-state index < -0.39 is 17.8 Å². The third-order valence-electron chi connectivity index (χ3n) is 6.87. The lowest BCUT2D eigenvalue weighted by Crippen LogP contribution is -2.38. The zero-order chi connectivity index (χ0) is 26.0. The van der Waals surface area contributed by atoms with Gasteiger partial charge in [-0.3, -0.25) is 14.6 Å². The van der Waals surface area contributed by atoms with Crippen molar-refractivity contribution in [1.82, 2.24) is 0 Å². The normalized spacial score (nSPS) is 21.4. The number of carbonyl (C=O) groups excluding carboxylic acids is 2. The van der Waals surface area contributed by atoms with Crippen molar-refractivity contribution in [2.24, 2.45) is 10.9 Å². The van der Waals surface area contributed by atoms with Crippen LogP contribution in [0.1, 0.15) is 49.7 Å². The van der Waals surface area contributed by atoms with Gasteiger partial charge in [-0.1, -0.05) is 12.1 Å². The van der Waals surface area contributed by atoms with Crippen LogP contribution in [0.2, 0.25) is 0 Å². The molecule has 8 heteroatoms. The summed E-state index contributed by atoms with van der Waals surface area (Å²) < 4.78 is 21.5. The highest BCUT2D eigenvalue weighted by atomic mass is 16.5. The van der Waals surface area contributed by atoms with Crippen LogP contribution >= 0.6 is 0 Å². The summed E-state index contributed by atoms with van der Waals surface area (Å²) in [5, 5.41) is 10.1. The Bertz CT molecular complexity index is 1250. The van der Waals surface area contributed by atoms with Gasteiger partial charge in [0.15, 0.2) is 28.8 Å². The summed E-state index contributed by atoms with van der Waals surface area (Å²) in [4.78, 5) is 31.5. The second-order valence-corrected chi connectivity index (χ2v) is 8.89. The maximum atomic E-state index is 13.7. The molecule has 8 nitrogen and oxygen atoms in total. The Hall–Kier alpha value is -3.81. The van der Waals surface area contributed by atoms with Crippen LogP contribution in [0.15, 0.2) is 52.7 Å². The van der Waals surface area contributed by atoms with Gasteiger partial charge >= 0.3 is 5.97 Å². The Labute approximate surface area is 210 Å². The molecule has 190 valence electrons. The average molecular weight is 494 g/mol. The fraction of sp³-hybridized carbons (Fsp3) is 0.393. The van der Waals surface area contributed by atoms with E-state index in [9.17, 15) is 14.7 Å². The number of carbonyl (C=O) groups is 2. The summed E-state index contributed by atoms with van der Waals surface area (Å²) in [6.45, 7) is 3.76. The van der Waals surface area contributed by atoms with Gasteiger partial charge in [-0.05, 0) is 61.6 Å². The highest BCUT2D eigenvalue weighted by Gasteiger charge is 2.45. The minimum absolute atomic E-state index is 0.0205. The highest BCUT2D eigenvalue weighted by Crippen LogP contribution is 2.48. The first kappa shape index (κ1) is 25.3. The van der Waals surface area contributed by atoms with Gasteiger partial charge in [-0.25, -0.2) is 0 Å². The molecule has 0 spiro atoms. The molecule has 0 amide bonds. The molecule has 1 aliphatic heterocycles. The monoisotopic (exact) mass is 493 g/mol. The fourth-order valence-electron chi connectivity index (χ4n) is 5.19. The summed E-state index contributed by atoms with van der Waals surface area (Å²) in [6, 6.07) is 10.6. The van der Waals surface area contributed by atoms with Gasteiger partial charge in [0.2, 0.25) is 0 Å². The molecule has 0 saturated heterocycles. The van der Waals surface area contributed by atoms with Crippen LogP contribution in [0.3, 0.4) is 0 Å². The number of aromatic hydroxyl groups is 1. The van der Waals surface area contributed by atoms with Gasteiger partial charge in [-0.2, -0.15) is 0 Å².